The molecule has 0 aliphatic carbocycles. The average Bonchev–Trinajstić information content (AvgIpc) is 3.16. The minimum atomic E-state index is -0.268. The van der Waals surface area contributed by atoms with Gasteiger partial charge in [0.2, 0.25) is 0 Å². The van der Waals surface area contributed by atoms with Gasteiger partial charge in [-0.15, -0.1) is 11.8 Å². The van der Waals surface area contributed by atoms with Gasteiger partial charge in [-0.1, -0.05) is 36.4 Å². The zero-order valence-corrected chi connectivity index (χ0v) is 14.7. The third kappa shape index (κ3) is 3.63. The SMILES string of the molecule is O=C(Nc1cnc2ccccc2c1)c1occc1CSc1ccccc1. The van der Waals surface area contributed by atoms with Crippen molar-refractivity contribution in [3.8, 4) is 0 Å². The Labute approximate surface area is 155 Å². The molecular formula is C21H16N2O2S. The molecule has 4 nitrogen and oxygen atoms in total. The Bertz CT molecular complexity index is 1040. The summed E-state index contributed by atoms with van der Waals surface area (Å²) < 4.78 is 5.43. The second-order valence-corrected chi connectivity index (χ2v) is 6.80. The van der Waals surface area contributed by atoms with E-state index >= 15 is 0 Å². The molecule has 2 aromatic carbocycles. The van der Waals surface area contributed by atoms with E-state index in [1.807, 2.05) is 66.7 Å². The van der Waals surface area contributed by atoms with E-state index in [0.717, 1.165) is 21.4 Å². The highest BCUT2D eigenvalue weighted by Crippen LogP contribution is 2.25. The Morgan fingerprint density at radius 2 is 1.85 bits per heavy atom. The molecule has 0 aliphatic heterocycles. The highest BCUT2D eigenvalue weighted by molar-refractivity contribution is 7.98. The number of para-hydroxylation sites is 1. The molecule has 0 saturated carbocycles. The number of anilines is 1. The molecule has 4 aromatic rings. The van der Waals surface area contributed by atoms with Gasteiger partial charge in [0.05, 0.1) is 23.7 Å². The molecule has 0 aliphatic rings. The van der Waals surface area contributed by atoms with E-state index in [1.165, 1.54) is 0 Å². The van der Waals surface area contributed by atoms with Crippen molar-refractivity contribution in [1.29, 1.82) is 0 Å². The van der Waals surface area contributed by atoms with Crippen LogP contribution in [0.2, 0.25) is 0 Å². The predicted octanol–water partition coefficient (Wildman–Crippen LogP) is 5.37. The number of aromatic nitrogens is 1. The van der Waals surface area contributed by atoms with Gasteiger partial charge in [0, 0.05) is 21.6 Å². The fourth-order valence-electron chi connectivity index (χ4n) is 2.65. The highest BCUT2D eigenvalue weighted by Gasteiger charge is 2.16. The van der Waals surface area contributed by atoms with Gasteiger partial charge in [-0.3, -0.25) is 9.78 Å². The van der Waals surface area contributed by atoms with E-state index in [-0.39, 0.29) is 5.91 Å². The van der Waals surface area contributed by atoms with E-state index in [4.69, 9.17) is 4.42 Å². The Morgan fingerprint density at radius 1 is 1.04 bits per heavy atom. The molecule has 128 valence electrons. The van der Waals surface area contributed by atoms with Gasteiger partial charge in [0.15, 0.2) is 5.76 Å². The Morgan fingerprint density at radius 3 is 2.73 bits per heavy atom. The fourth-order valence-corrected chi connectivity index (χ4v) is 3.55. The Hall–Kier alpha value is -3.05. The van der Waals surface area contributed by atoms with Crippen LogP contribution in [0.15, 0.2) is 88.5 Å². The summed E-state index contributed by atoms with van der Waals surface area (Å²) in [6.07, 6.45) is 3.20. The van der Waals surface area contributed by atoms with Crippen molar-refractivity contribution in [2.75, 3.05) is 5.32 Å². The summed E-state index contributed by atoms with van der Waals surface area (Å²) in [4.78, 5) is 18.1. The quantitative estimate of drug-likeness (QED) is 0.486. The van der Waals surface area contributed by atoms with Crippen molar-refractivity contribution in [3.63, 3.8) is 0 Å². The van der Waals surface area contributed by atoms with E-state index in [0.29, 0.717) is 17.2 Å². The van der Waals surface area contributed by atoms with Gasteiger partial charge in [-0.2, -0.15) is 0 Å². The maximum Gasteiger partial charge on any atom is 0.291 e. The van der Waals surface area contributed by atoms with Crippen molar-refractivity contribution < 1.29 is 9.21 Å². The van der Waals surface area contributed by atoms with Crippen molar-refractivity contribution in [3.05, 3.63) is 90.5 Å². The van der Waals surface area contributed by atoms with E-state index in [9.17, 15) is 4.79 Å². The van der Waals surface area contributed by atoms with Crippen LogP contribution >= 0.6 is 11.8 Å². The largest absolute Gasteiger partial charge is 0.459 e. The Kier molecular flexibility index (Phi) is 4.71. The van der Waals surface area contributed by atoms with Crippen LogP contribution in [0.1, 0.15) is 16.1 Å². The molecule has 0 atom stereocenters. The van der Waals surface area contributed by atoms with Gasteiger partial charge < -0.3 is 9.73 Å². The summed E-state index contributed by atoms with van der Waals surface area (Å²) in [7, 11) is 0. The summed E-state index contributed by atoms with van der Waals surface area (Å²) in [5, 5.41) is 3.85. The van der Waals surface area contributed by atoms with E-state index in [1.54, 1.807) is 24.2 Å². The maximum absolute atomic E-state index is 12.6. The van der Waals surface area contributed by atoms with Crippen LogP contribution < -0.4 is 5.32 Å². The molecular weight excluding hydrogens is 344 g/mol. The number of nitrogens with zero attached hydrogens (tertiary/aromatic N) is 1. The monoisotopic (exact) mass is 360 g/mol. The van der Waals surface area contributed by atoms with Crippen molar-refractivity contribution >= 4 is 34.3 Å². The number of carbonyl (C=O) groups excluding carboxylic acids is 1. The van der Waals surface area contributed by atoms with Gasteiger partial charge >= 0.3 is 0 Å². The van der Waals surface area contributed by atoms with Crippen molar-refractivity contribution in [1.82, 2.24) is 4.98 Å². The lowest BCUT2D eigenvalue weighted by Gasteiger charge is -2.06. The fraction of sp³-hybridized carbons (Fsp3) is 0.0476. The van der Waals surface area contributed by atoms with Gasteiger partial charge in [0.25, 0.3) is 5.91 Å². The number of rotatable bonds is 5. The summed E-state index contributed by atoms with van der Waals surface area (Å²) in [5.74, 6) is 0.733. The molecule has 0 saturated heterocycles. The standard InChI is InChI=1S/C21H16N2O2S/c24-21(23-17-12-15-6-4-5-9-19(15)22-13-17)20-16(10-11-25-20)14-26-18-7-2-1-3-8-18/h1-13H,14H2,(H,23,24). The van der Waals surface area contributed by atoms with Crippen molar-refractivity contribution in [2.45, 2.75) is 10.6 Å². The minimum absolute atomic E-state index is 0.268. The molecule has 1 N–H and O–H groups in total. The second-order valence-electron chi connectivity index (χ2n) is 5.75. The van der Waals surface area contributed by atoms with Crippen LogP contribution in [0.25, 0.3) is 10.9 Å². The number of hydrogen-bond donors (Lipinski definition) is 1. The molecule has 2 heterocycles. The summed E-state index contributed by atoms with van der Waals surface area (Å²) >= 11 is 1.67. The third-order valence-electron chi connectivity index (χ3n) is 3.94. The molecule has 0 unspecified atom stereocenters. The van der Waals surface area contributed by atoms with Crippen LogP contribution in [0.5, 0.6) is 0 Å². The molecule has 0 bridgehead atoms. The van der Waals surface area contributed by atoms with Crippen LogP contribution in [0.4, 0.5) is 5.69 Å². The van der Waals surface area contributed by atoms with Crippen LogP contribution in [-0.2, 0) is 5.75 Å². The number of hydrogen-bond acceptors (Lipinski definition) is 4. The summed E-state index contributed by atoms with van der Waals surface area (Å²) in [5.41, 5.74) is 2.40. The normalized spacial score (nSPS) is 10.8. The first-order valence-electron chi connectivity index (χ1n) is 8.20. The first-order chi connectivity index (χ1) is 12.8. The number of benzene rings is 2. The zero-order chi connectivity index (χ0) is 17.8. The minimum Gasteiger partial charge on any atom is -0.459 e. The average molecular weight is 360 g/mol. The molecule has 2 aromatic heterocycles. The maximum atomic E-state index is 12.6. The molecule has 0 radical (unpaired) electrons. The van der Waals surface area contributed by atoms with Crippen LogP contribution in [0, 0.1) is 0 Å². The Balaban J connectivity index is 1.48. The lowest BCUT2D eigenvalue weighted by molar-refractivity contribution is 0.0995. The number of amides is 1. The first-order valence-corrected chi connectivity index (χ1v) is 9.18. The van der Waals surface area contributed by atoms with Crippen molar-refractivity contribution in [2.24, 2.45) is 0 Å². The van der Waals surface area contributed by atoms with Gasteiger partial charge in [-0.25, -0.2) is 0 Å². The highest BCUT2D eigenvalue weighted by atomic mass is 32.2. The molecule has 5 heteroatoms. The molecule has 26 heavy (non-hydrogen) atoms. The topological polar surface area (TPSA) is 55.1 Å². The number of carbonyl (C=O) groups is 1. The summed E-state index contributed by atoms with van der Waals surface area (Å²) in [6, 6.07) is 21.6. The zero-order valence-electron chi connectivity index (χ0n) is 13.9. The molecule has 1 amide bonds. The van der Waals surface area contributed by atoms with Crippen LogP contribution in [0.3, 0.4) is 0 Å². The van der Waals surface area contributed by atoms with Crippen LogP contribution in [-0.4, -0.2) is 10.9 Å². The lowest BCUT2D eigenvalue weighted by atomic mass is 10.2. The number of fused-ring (bicyclic) bond motifs is 1. The number of pyridine rings is 1. The van der Waals surface area contributed by atoms with Gasteiger partial charge in [0.1, 0.15) is 0 Å². The smallest absolute Gasteiger partial charge is 0.291 e. The van der Waals surface area contributed by atoms with E-state index < -0.39 is 0 Å². The lowest BCUT2D eigenvalue weighted by Crippen LogP contribution is -2.12. The molecule has 0 fully saturated rings. The second kappa shape index (κ2) is 7.45. The summed E-state index contributed by atoms with van der Waals surface area (Å²) in [6.45, 7) is 0. The third-order valence-corrected chi connectivity index (χ3v) is 5.00. The number of furan rings is 1. The van der Waals surface area contributed by atoms with E-state index in [2.05, 4.69) is 10.3 Å². The number of thioether (sulfide) groups is 1. The molecule has 4 rings (SSSR count). The first kappa shape index (κ1) is 16.4. The predicted molar refractivity (Wildman–Crippen MR) is 104 cm³/mol. The molecule has 0 spiro atoms. The van der Waals surface area contributed by atoms with Gasteiger partial charge in [-0.05, 0) is 30.3 Å². The number of nitrogens with one attached hydrogen (secondary N) is 1.